The number of ether oxygens (including phenoxy) is 1. The molecule has 0 saturated heterocycles. The molecule has 1 aromatic carbocycles. The molecule has 2 aromatic rings. The van der Waals surface area contributed by atoms with Crippen molar-refractivity contribution >= 4 is 16.9 Å². The van der Waals surface area contributed by atoms with Crippen LogP contribution in [0, 0.1) is 6.92 Å². The average molecular weight is 306 g/mol. The van der Waals surface area contributed by atoms with E-state index in [4.69, 9.17) is 4.42 Å². The van der Waals surface area contributed by atoms with Crippen LogP contribution in [-0.2, 0) is 15.1 Å². The average Bonchev–Trinajstić information content (AvgIpc) is 2.70. The van der Waals surface area contributed by atoms with Crippen molar-refractivity contribution in [1.29, 1.82) is 0 Å². The van der Waals surface area contributed by atoms with E-state index in [1.165, 1.54) is 12.1 Å². The van der Waals surface area contributed by atoms with Crippen molar-refractivity contribution in [2.75, 3.05) is 7.11 Å². The summed E-state index contributed by atoms with van der Waals surface area (Å²) in [5.41, 5.74) is -2.72. The number of fused-ring (bicyclic) bond motifs is 2. The molecule has 116 valence electrons. The zero-order valence-corrected chi connectivity index (χ0v) is 11.9. The Hall–Kier alpha value is -2.38. The Labute approximate surface area is 124 Å². The first kappa shape index (κ1) is 14.6. The summed E-state index contributed by atoms with van der Waals surface area (Å²) in [5.74, 6) is -1.57. The Bertz CT molecular complexity index is 851. The number of carbonyl (C=O) groups excluding carboxylic acids is 1. The predicted octanol–water partition coefficient (Wildman–Crippen LogP) is 0.605. The van der Waals surface area contributed by atoms with Crippen LogP contribution in [0.1, 0.15) is 29.4 Å². The van der Waals surface area contributed by atoms with Crippen LogP contribution in [0.3, 0.4) is 0 Å². The van der Waals surface area contributed by atoms with Crippen molar-refractivity contribution < 1.29 is 29.3 Å². The van der Waals surface area contributed by atoms with Gasteiger partial charge in [0.05, 0.1) is 12.7 Å². The SMILES string of the molecule is COC(=O)C1(O)CC(O)c2oc3cc(C)cc(O)c3c(=O)c21. The molecule has 0 aliphatic heterocycles. The molecule has 1 aliphatic carbocycles. The van der Waals surface area contributed by atoms with Crippen LogP contribution in [0.15, 0.2) is 21.3 Å². The summed E-state index contributed by atoms with van der Waals surface area (Å²) >= 11 is 0. The van der Waals surface area contributed by atoms with Crippen LogP contribution in [0.5, 0.6) is 5.75 Å². The highest BCUT2D eigenvalue weighted by molar-refractivity contribution is 5.88. The molecule has 1 aliphatic rings. The fraction of sp³-hybridized carbons (Fsp3) is 0.333. The maximum Gasteiger partial charge on any atom is 0.342 e. The molecule has 0 saturated carbocycles. The number of aliphatic hydroxyl groups is 2. The van der Waals surface area contributed by atoms with Gasteiger partial charge in [0.1, 0.15) is 28.6 Å². The van der Waals surface area contributed by atoms with Crippen molar-refractivity contribution in [3.63, 3.8) is 0 Å². The molecule has 3 rings (SSSR count). The molecule has 1 heterocycles. The van der Waals surface area contributed by atoms with Gasteiger partial charge < -0.3 is 24.5 Å². The molecule has 3 N–H and O–H groups in total. The highest BCUT2D eigenvalue weighted by atomic mass is 16.5. The number of aryl methyl sites for hydroxylation is 1. The lowest BCUT2D eigenvalue weighted by Crippen LogP contribution is -2.38. The van der Waals surface area contributed by atoms with Gasteiger partial charge in [0.25, 0.3) is 0 Å². The van der Waals surface area contributed by atoms with E-state index in [0.717, 1.165) is 7.11 Å². The van der Waals surface area contributed by atoms with Crippen LogP contribution in [0.2, 0.25) is 0 Å². The second kappa shape index (κ2) is 4.56. The molecule has 0 amide bonds. The third kappa shape index (κ3) is 1.76. The Morgan fingerprint density at radius 1 is 1.45 bits per heavy atom. The zero-order valence-electron chi connectivity index (χ0n) is 11.9. The Balaban J connectivity index is 2.43. The monoisotopic (exact) mass is 306 g/mol. The number of benzene rings is 1. The summed E-state index contributed by atoms with van der Waals surface area (Å²) in [7, 11) is 1.06. The van der Waals surface area contributed by atoms with Gasteiger partial charge in [0, 0.05) is 6.42 Å². The zero-order chi connectivity index (χ0) is 16.2. The number of aromatic hydroxyl groups is 1. The number of methoxy groups -OCH3 is 1. The minimum atomic E-state index is -2.30. The molecule has 2 atom stereocenters. The number of phenolic OH excluding ortho intramolecular Hbond substituents is 1. The van der Waals surface area contributed by atoms with Crippen LogP contribution in [-0.4, -0.2) is 28.4 Å². The second-order valence-corrected chi connectivity index (χ2v) is 5.40. The first-order valence-corrected chi connectivity index (χ1v) is 6.59. The summed E-state index contributed by atoms with van der Waals surface area (Å²) in [6.07, 6.45) is -1.76. The van der Waals surface area contributed by atoms with E-state index in [9.17, 15) is 24.9 Å². The molecule has 7 heteroatoms. The number of hydrogen-bond acceptors (Lipinski definition) is 7. The Morgan fingerprint density at radius 2 is 2.14 bits per heavy atom. The largest absolute Gasteiger partial charge is 0.507 e. The Morgan fingerprint density at radius 3 is 2.77 bits per heavy atom. The molecular formula is C15H14O7. The van der Waals surface area contributed by atoms with E-state index in [1.54, 1.807) is 6.92 Å². The fourth-order valence-corrected chi connectivity index (χ4v) is 2.90. The van der Waals surface area contributed by atoms with E-state index in [1.807, 2.05) is 0 Å². The maximum absolute atomic E-state index is 12.6. The molecule has 1 aromatic heterocycles. The van der Waals surface area contributed by atoms with Gasteiger partial charge in [-0.1, -0.05) is 0 Å². The highest BCUT2D eigenvalue weighted by Gasteiger charge is 2.53. The lowest BCUT2D eigenvalue weighted by molar-refractivity contribution is -0.165. The quantitative estimate of drug-likeness (QED) is 0.660. The number of esters is 1. The summed E-state index contributed by atoms with van der Waals surface area (Å²) in [6, 6.07) is 2.90. The molecule has 0 radical (unpaired) electrons. The van der Waals surface area contributed by atoms with E-state index >= 15 is 0 Å². The number of hydrogen-bond donors (Lipinski definition) is 3. The van der Waals surface area contributed by atoms with Crippen LogP contribution >= 0.6 is 0 Å². The van der Waals surface area contributed by atoms with Crippen molar-refractivity contribution in [2.45, 2.75) is 25.0 Å². The minimum Gasteiger partial charge on any atom is -0.507 e. The van der Waals surface area contributed by atoms with Crippen LogP contribution in [0.25, 0.3) is 11.0 Å². The molecule has 0 bridgehead atoms. The van der Waals surface area contributed by atoms with Gasteiger partial charge in [-0.25, -0.2) is 4.79 Å². The van der Waals surface area contributed by atoms with Crippen molar-refractivity contribution in [2.24, 2.45) is 0 Å². The van der Waals surface area contributed by atoms with Crippen molar-refractivity contribution in [1.82, 2.24) is 0 Å². The second-order valence-electron chi connectivity index (χ2n) is 5.40. The van der Waals surface area contributed by atoms with E-state index in [-0.39, 0.29) is 22.5 Å². The maximum atomic E-state index is 12.6. The molecule has 0 fully saturated rings. The summed E-state index contributed by atoms with van der Waals surface area (Å²) in [6.45, 7) is 1.70. The van der Waals surface area contributed by atoms with Gasteiger partial charge >= 0.3 is 5.97 Å². The first-order valence-electron chi connectivity index (χ1n) is 6.59. The fourth-order valence-electron chi connectivity index (χ4n) is 2.90. The number of rotatable bonds is 1. The van der Waals surface area contributed by atoms with Gasteiger partial charge in [-0.3, -0.25) is 4.79 Å². The summed E-state index contributed by atoms with van der Waals surface area (Å²) in [4.78, 5) is 24.5. The molecule has 7 nitrogen and oxygen atoms in total. The number of phenols is 1. The molecule has 0 spiro atoms. The minimum absolute atomic E-state index is 0.0782. The van der Waals surface area contributed by atoms with Crippen molar-refractivity contribution in [3.8, 4) is 5.75 Å². The van der Waals surface area contributed by atoms with Crippen LogP contribution in [0.4, 0.5) is 0 Å². The van der Waals surface area contributed by atoms with Gasteiger partial charge in [-0.15, -0.1) is 0 Å². The standard InChI is InChI=1S/C15H14O7/c1-6-3-7(16)10-9(4-6)22-13-8(17)5-15(20,14(19)21-2)11(13)12(10)18/h3-4,8,16-17,20H,5H2,1-2H3. The Kier molecular flexibility index (Phi) is 3.01. The van der Waals surface area contributed by atoms with Crippen molar-refractivity contribution in [3.05, 3.63) is 39.2 Å². The van der Waals surface area contributed by atoms with E-state index in [2.05, 4.69) is 4.74 Å². The third-order valence-electron chi connectivity index (χ3n) is 3.87. The third-order valence-corrected chi connectivity index (χ3v) is 3.87. The lowest BCUT2D eigenvalue weighted by Gasteiger charge is -2.19. The predicted molar refractivity (Wildman–Crippen MR) is 74.4 cm³/mol. The number of aliphatic hydroxyl groups excluding tert-OH is 1. The molecule has 2 unspecified atom stereocenters. The van der Waals surface area contributed by atoms with Crippen LogP contribution < -0.4 is 5.43 Å². The smallest absolute Gasteiger partial charge is 0.342 e. The van der Waals surface area contributed by atoms with Gasteiger partial charge in [0.2, 0.25) is 5.43 Å². The first-order chi connectivity index (χ1) is 10.3. The molecule has 22 heavy (non-hydrogen) atoms. The molecular weight excluding hydrogens is 292 g/mol. The highest BCUT2D eigenvalue weighted by Crippen LogP contribution is 2.44. The topological polar surface area (TPSA) is 117 Å². The van der Waals surface area contributed by atoms with Gasteiger partial charge in [-0.05, 0) is 24.6 Å². The summed E-state index contributed by atoms with van der Waals surface area (Å²) in [5, 5.41) is 30.3. The normalized spacial score (nSPS) is 23.5. The van der Waals surface area contributed by atoms with Gasteiger partial charge in [-0.2, -0.15) is 0 Å². The summed E-state index contributed by atoms with van der Waals surface area (Å²) < 4.78 is 9.99. The van der Waals surface area contributed by atoms with E-state index < -0.39 is 35.1 Å². The van der Waals surface area contributed by atoms with Gasteiger partial charge in [0.15, 0.2) is 5.60 Å². The lowest BCUT2D eigenvalue weighted by atomic mass is 9.95. The van der Waals surface area contributed by atoms with E-state index in [0.29, 0.717) is 5.56 Å². The number of carbonyl (C=O) groups is 1.